The molecule has 0 aliphatic rings. The van der Waals surface area contributed by atoms with E-state index in [1.54, 1.807) is 6.07 Å². The number of aldehydes is 1. The van der Waals surface area contributed by atoms with Gasteiger partial charge >= 0.3 is 6.09 Å². The third kappa shape index (κ3) is 4.49. The Hall–Kier alpha value is -1.11. The number of halogens is 1. The first-order chi connectivity index (χ1) is 8.75. The molecule has 0 aliphatic carbocycles. The van der Waals surface area contributed by atoms with Gasteiger partial charge in [-0.3, -0.25) is 4.79 Å². The topological polar surface area (TPSA) is 57.6 Å². The molecule has 0 aromatic heterocycles. The zero-order valence-electron chi connectivity index (χ0n) is 11.3. The van der Waals surface area contributed by atoms with E-state index in [4.69, 9.17) is 0 Å². The lowest BCUT2D eigenvalue weighted by Gasteiger charge is -2.33. The molecule has 0 spiro atoms. The van der Waals surface area contributed by atoms with E-state index in [2.05, 4.69) is 22.6 Å². The van der Waals surface area contributed by atoms with Crippen molar-refractivity contribution in [2.45, 2.75) is 32.7 Å². The third-order valence-corrected chi connectivity index (χ3v) is 3.90. The molecular formula is C14H18INO3. The first-order valence-electron chi connectivity index (χ1n) is 6.00. The van der Waals surface area contributed by atoms with Crippen molar-refractivity contribution >= 4 is 35.0 Å². The second kappa shape index (κ2) is 6.36. The van der Waals surface area contributed by atoms with E-state index in [0.29, 0.717) is 18.5 Å². The van der Waals surface area contributed by atoms with E-state index in [0.717, 1.165) is 15.4 Å². The molecule has 1 amide bonds. The molecule has 4 nitrogen and oxygen atoms in total. The zero-order chi connectivity index (χ0) is 14.6. The summed E-state index contributed by atoms with van der Waals surface area (Å²) in [6, 6.07) is 5.45. The van der Waals surface area contributed by atoms with Gasteiger partial charge in [-0.15, -0.1) is 0 Å². The highest BCUT2D eigenvalue weighted by Gasteiger charge is 2.25. The van der Waals surface area contributed by atoms with E-state index in [-0.39, 0.29) is 0 Å². The summed E-state index contributed by atoms with van der Waals surface area (Å²) < 4.78 is 1.04. The Labute approximate surface area is 126 Å². The molecule has 0 aliphatic heterocycles. The van der Waals surface area contributed by atoms with Crippen molar-refractivity contribution < 1.29 is 14.7 Å². The Balaban J connectivity index is 2.85. The van der Waals surface area contributed by atoms with Gasteiger partial charge in [-0.05, 0) is 67.5 Å². The average Bonchev–Trinajstić information content (AvgIpc) is 2.29. The first-order valence-corrected chi connectivity index (χ1v) is 7.07. The average molecular weight is 375 g/mol. The lowest BCUT2D eigenvalue weighted by molar-refractivity contribution is 0.101. The van der Waals surface area contributed by atoms with Crippen molar-refractivity contribution in [2.24, 2.45) is 0 Å². The first kappa shape index (κ1) is 15.9. The van der Waals surface area contributed by atoms with E-state index < -0.39 is 11.6 Å². The standard InChI is InChI=1S/C14H18INO3/c1-14(2,3)16(13(18)19)7-6-11-8-10(9-17)4-5-12(11)15/h4-5,8-9H,6-7H2,1-3H3,(H,18,19). The van der Waals surface area contributed by atoms with Crippen molar-refractivity contribution in [2.75, 3.05) is 6.54 Å². The molecule has 0 atom stereocenters. The Kier molecular flexibility index (Phi) is 5.34. The number of rotatable bonds is 4. The Bertz CT molecular complexity index is 480. The molecule has 0 saturated heterocycles. The van der Waals surface area contributed by atoms with Crippen molar-refractivity contribution in [3.63, 3.8) is 0 Å². The summed E-state index contributed by atoms with van der Waals surface area (Å²) >= 11 is 2.20. The molecule has 104 valence electrons. The fourth-order valence-electron chi connectivity index (χ4n) is 1.81. The highest BCUT2D eigenvalue weighted by Crippen LogP contribution is 2.18. The van der Waals surface area contributed by atoms with Crippen LogP contribution in [-0.2, 0) is 6.42 Å². The Morgan fingerprint density at radius 1 is 1.42 bits per heavy atom. The van der Waals surface area contributed by atoms with Gasteiger partial charge in [-0.1, -0.05) is 6.07 Å². The zero-order valence-corrected chi connectivity index (χ0v) is 13.5. The molecule has 0 bridgehead atoms. The quantitative estimate of drug-likeness (QED) is 0.648. The van der Waals surface area contributed by atoms with Crippen LogP contribution in [0.2, 0.25) is 0 Å². The van der Waals surface area contributed by atoms with Crippen LogP contribution >= 0.6 is 22.6 Å². The fraction of sp³-hybridized carbons (Fsp3) is 0.429. The molecule has 0 unspecified atom stereocenters. The monoisotopic (exact) mass is 375 g/mol. The molecule has 1 N–H and O–H groups in total. The van der Waals surface area contributed by atoms with Gasteiger partial charge in [-0.2, -0.15) is 0 Å². The second-order valence-corrected chi connectivity index (χ2v) is 6.49. The van der Waals surface area contributed by atoms with Gasteiger partial charge in [-0.25, -0.2) is 4.79 Å². The predicted molar refractivity (Wildman–Crippen MR) is 82.7 cm³/mol. The number of carboxylic acid groups (broad SMARTS) is 1. The van der Waals surface area contributed by atoms with Crippen molar-refractivity contribution in [1.29, 1.82) is 0 Å². The van der Waals surface area contributed by atoms with E-state index in [9.17, 15) is 14.7 Å². The van der Waals surface area contributed by atoms with E-state index >= 15 is 0 Å². The maximum atomic E-state index is 11.2. The van der Waals surface area contributed by atoms with Crippen molar-refractivity contribution in [3.05, 3.63) is 32.9 Å². The Morgan fingerprint density at radius 3 is 2.53 bits per heavy atom. The summed E-state index contributed by atoms with van der Waals surface area (Å²) in [5.74, 6) is 0. The van der Waals surface area contributed by atoms with Crippen LogP contribution in [0.1, 0.15) is 36.7 Å². The second-order valence-electron chi connectivity index (χ2n) is 5.32. The summed E-state index contributed by atoms with van der Waals surface area (Å²) in [6.07, 6.45) is 0.482. The smallest absolute Gasteiger partial charge is 0.407 e. The minimum absolute atomic E-state index is 0.414. The van der Waals surface area contributed by atoms with Crippen LogP contribution in [0.4, 0.5) is 4.79 Å². The molecule has 0 fully saturated rings. The van der Waals surface area contributed by atoms with Crippen LogP contribution in [-0.4, -0.2) is 34.5 Å². The van der Waals surface area contributed by atoms with Gasteiger partial charge < -0.3 is 10.0 Å². The van der Waals surface area contributed by atoms with Gasteiger partial charge in [0.15, 0.2) is 0 Å². The number of nitrogens with zero attached hydrogens (tertiary/aromatic N) is 1. The van der Waals surface area contributed by atoms with Crippen LogP contribution in [0.3, 0.4) is 0 Å². The molecule has 0 saturated carbocycles. The molecule has 1 aromatic carbocycles. The van der Waals surface area contributed by atoms with Crippen LogP contribution in [0.15, 0.2) is 18.2 Å². The van der Waals surface area contributed by atoms with Gasteiger partial charge in [0.2, 0.25) is 0 Å². The number of carbonyl (C=O) groups is 2. The number of benzene rings is 1. The van der Waals surface area contributed by atoms with Crippen molar-refractivity contribution in [3.8, 4) is 0 Å². The Morgan fingerprint density at radius 2 is 2.05 bits per heavy atom. The summed E-state index contributed by atoms with van der Waals surface area (Å²) in [4.78, 5) is 23.4. The van der Waals surface area contributed by atoms with Gasteiger partial charge in [0.1, 0.15) is 6.29 Å². The molecule has 0 radical (unpaired) electrons. The SMILES string of the molecule is CC(C)(C)N(CCc1cc(C=O)ccc1I)C(=O)O. The van der Waals surface area contributed by atoms with Crippen LogP contribution in [0.5, 0.6) is 0 Å². The molecule has 0 heterocycles. The highest BCUT2D eigenvalue weighted by molar-refractivity contribution is 14.1. The van der Waals surface area contributed by atoms with E-state index in [1.165, 1.54) is 4.90 Å². The number of hydrogen-bond acceptors (Lipinski definition) is 2. The summed E-state index contributed by atoms with van der Waals surface area (Å²) in [5.41, 5.74) is 1.19. The van der Waals surface area contributed by atoms with Gasteiger partial charge in [0, 0.05) is 21.2 Å². The summed E-state index contributed by atoms with van der Waals surface area (Å²) in [6.45, 7) is 6.02. The molecule has 19 heavy (non-hydrogen) atoms. The van der Waals surface area contributed by atoms with Crippen LogP contribution < -0.4 is 0 Å². The largest absolute Gasteiger partial charge is 0.465 e. The lowest BCUT2D eigenvalue weighted by Crippen LogP contribution is -2.46. The van der Waals surface area contributed by atoms with Gasteiger partial charge in [0.25, 0.3) is 0 Å². The summed E-state index contributed by atoms with van der Waals surface area (Å²) in [7, 11) is 0. The lowest BCUT2D eigenvalue weighted by atomic mass is 10.0. The van der Waals surface area contributed by atoms with E-state index in [1.807, 2.05) is 32.9 Å². The normalized spacial score (nSPS) is 11.2. The minimum Gasteiger partial charge on any atom is -0.465 e. The van der Waals surface area contributed by atoms with Crippen LogP contribution in [0.25, 0.3) is 0 Å². The number of carbonyl (C=O) groups excluding carboxylic acids is 1. The number of amides is 1. The highest BCUT2D eigenvalue weighted by atomic mass is 127. The third-order valence-electron chi connectivity index (χ3n) is 2.85. The van der Waals surface area contributed by atoms with Crippen molar-refractivity contribution in [1.82, 2.24) is 4.90 Å². The molecule has 1 rings (SSSR count). The van der Waals surface area contributed by atoms with Gasteiger partial charge in [0.05, 0.1) is 0 Å². The maximum absolute atomic E-state index is 11.2. The van der Waals surface area contributed by atoms with Crippen LogP contribution in [0, 0.1) is 3.57 Å². The summed E-state index contributed by atoms with van der Waals surface area (Å²) in [5, 5.41) is 9.22. The molecule has 5 heteroatoms. The maximum Gasteiger partial charge on any atom is 0.407 e. The number of hydrogen-bond donors (Lipinski definition) is 1. The minimum atomic E-state index is -0.922. The molecule has 1 aromatic rings. The molecular weight excluding hydrogens is 357 g/mol. The fourth-order valence-corrected chi connectivity index (χ4v) is 2.41. The predicted octanol–water partition coefficient (Wildman–Crippen LogP) is 3.42.